The number of esters is 1. The molecule has 15 heteroatoms. The molecular formula is C25H32BrN6O7P. The molecule has 40 heavy (non-hydrogen) atoms. The first-order valence-corrected chi connectivity index (χ1v) is 15.0. The minimum atomic E-state index is -4.14. The summed E-state index contributed by atoms with van der Waals surface area (Å²) in [6.07, 6.45) is 4.73. The first-order valence-electron chi connectivity index (χ1n) is 12.7. The maximum absolute atomic E-state index is 13.9. The number of benzene rings is 1. The number of nitrogens with one attached hydrogen (secondary N) is 2. The molecule has 0 spiro atoms. The molecule has 1 aromatic carbocycles. The number of hydrogen-bond acceptors (Lipinski definition) is 10. The topological polar surface area (TPSA) is 184 Å². The van der Waals surface area contributed by atoms with E-state index in [1.54, 1.807) is 37.4 Å². The Balaban J connectivity index is 1.53. The van der Waals surface area contributed by atoms with E-state index in [1.807, 2.05) is 6.92 Å². The normalized spacial score (nSPS) is 20.7. The lowest BCUT2D eigenvalue weighted by molar-refractivity contribution is -0.150. The number of aromatic nitrogens is 4. The van der Waals surface area contributed by atoms with Crippen molar-refractivity contribution in [1.29, 1.82) is 0 Å². The Morgan fingerprint density at radius 1 is 1.38 bits per heavy atom. The highest BCUT2D eigenvalue weighted by molar-refractivity contribution is 9.10. The van der Waals surface area contributed by atoms with E-state index in [-0.39, 0.29) is 42.2 Å². The molecule has 3 aromatic rings. The van der Waals surface area contributed by atoms with E-state index < -0.39 is 30.7 Å². The number of halogens is 1. The number of nitrogens with two attached hydrogens (primary N) is 1. The summed E-state index contributed by atoms with van der Waals surface area (Å²) >= 11 is 3.34. The van der Waals surface area contributed by atoms with Gasteiger partial charge < -0.3 is 20.1 Å². The van der Waals surface area contributed by atoms with Crippen LogP contribution in [0.2, 0.25) is 0 Å². The minimum Gasteiger partial charge on any atom is -0.462 e. The van der Waals surface area contributed by atoms with Gasteiger partial charge in [-0.2, -0.15) is 10.1 Å². The number of rotatable bonds is 13. The number of nitrogen functional groups attached to an aromatic ring is 1. The number of hydrogen-bond donors (Lipinski definition) is 4. The van der Waals surface area contributed by atoms with Crippen molar-refractivity contribution in [3.05, 3.63) is 51.0 Å². The number of H-pyrrole nitrogens is 1. The SMILES string of the molecule is CCCC(C)OC(=O)C(C)N[P@](=O)(OC[C@@]1(CO)C/C1=C/n1cnc2c(=O)[nH]c(N)nc21)Oc1ccc(Br)cc1. The number of aliphatic hydroxyl groups is 1. The van der Waals surface area contributed by atoms with Crippen LogP contribution >= 0.6 is 23.7 Å². The number of carbonyl (C=O) groups excluding carboxylic acids is 1. The van der Waals surface area contributed by atoms with Gasteiger partial charge in [0.15, 0.2) is 11.2 Å². The lowest BCUT2D eigenvalue weighted by Crippen LogP contribution is -2.37. The van der Waals surface area contributed by atoms with Crippen molar-refractivity contribution in [3.63, 3.8) is 0 Å². The van der Waals surface area contributed by atoms with Crippen molar-refractivity contribution < 1.29 is 28.3 Å². The fourth-order valence-corrected chi connectivity index (χ4v) is 5.88. The van der Waals surface area contributed by atoms with Gasteiger partial charge in [-0.25, -0.2) is 9.55 Å². The molecule has 1 fully saturated rings. The molecule has 1 saturated carbocycles. The molecule has 5 N–H and O–H groups in total. The van der Waals surface area contributed by atoms with E-state index in [9.17, 15) is 19.3 Å². The average molecular weight is 639 g/mol. The summed E-state index contributed by atoms with van der Waals surface area (Å²) in [6.45, 7) is 4.78. The van der Waals surface area contributed by atoms with E-state index in [0.29, 0.717) is 12.8 Å². The first-order chi connectivity index (χ1) is 19.0. The van der Waals surface area contributed by atoms with Gasteiger partial charge in [-0.3, -0.25) is 23.7 Å². The molecule has 4 atom stereocenters. The molecule has 0 amide bonds. The van der Waals surface area contributed by atoms with Gasteiger partial charge in [0.1, 0.15) is 18.1 Å². The fraction of sp³-hybridized carbons (Fsp3) is 0.440. The molecule has 0 saturated heterocycles. The second-order valence-electron chi connectivity index (χ2n) is 9.75. The van der Waals surface area contributed by atoms with E-state index in [2.05, 4.69) is 36.0 Å². The van der Waals surface area contributed by atoms with Crippen molar-refractivity contribution in [3.8, 4) is 5.75 Å². The van der Waals surface area contributed by atoms with E-state index in [1.165, 1.54) is 17.8 Å². The maximum Gasteiger partial charge on any atom is 0.459 e. The highest BCUT2D eigenvalue weighted by atomic mass is 79.9. The Labute approximate surface area is 238 Å². The third-order valence-corrected chi connectivity index (χ3v) is 8.55. The van der Waals surface area contributed by atoms with Gasteiger partial charge in [0.2, 0.25) is 5.95 Å². The first kappa shape index (κ1) is 29.9. The molecular weight excluding hydrogens is 607 g/mol. The van der Waals surface area contributed by atoms with Crippen LogP contribution in [0.3, 0.4) is 0 Å². The standard InChI is InChI=1S/C25H32BrN6O7P/c1-4-5-15(2)38-23(35)16(3)31-40(36,39-19-8-6-18(26)7-9-19)37-13-25(12-33)10-17(25)11-32-14-28-20-21(32)29-24(27)30-22(20)34/h6-9,11,14-16,33H,4-5,10,12-13H2,1-3H3,(H,31,36)(H3,27,29,30,34)/b17-11-/t15?,16?,25-,40-/m0/s1. The van der Waals surface area contributed by atoms with Crippen LogP contribution in [0.25, 0.3) is 17.4 Å². The van der Waals surface area contributed by atoms with E-state index in [4.69, 9.17) is 19.5 Å². The zero-order valence-electron chi connectivity index (χ0n) is 22.3. The number of ether oxygens (including phenoxy) is 1. The van der Waals surface area contributed by atoms with Crippen LogP contribution < -0.4 is 20.9 Å². The van der Waals surface area contributed by atoms with Crippen LogP contribution in [0.4, 0.5) is 5.95 Å². The second kappa shape index (κ2) is 12.2. The number of imidazole rings is 1. The predicted molar refractivity (Wildman–Crippen MR) is 152 cm³/mol. The fourth-order valence-electron chi connectivity index (χ4n) is 4.04. The highest BCUT2D eigenvalue weighted by Gasteiger charge is 2.51. The third kappa shape index (κ3) is 6.99. The average Bonchev–Trinajstić information content (AvgIpc) is 3.44. The molecule has 0 bridgehead atoms. The lowest BCUT2D eigenvalue weighted by atomic mass is 10.1. The monoisotopic (exact) mass is 638 g/mol. The number of aliphatic hydroxyl groups excluding tert-OH is 1. The van der Waals surface area contributed by atoms with Crippen molar-refractivity contribution in [2.45, 2.75) is 52.2 Å². The van der Waals surface area contributed by atoms with Gasteiger partial charge in [0.05, 0.1) is 19.3 Å². The summed E-state index contributed by atoms with van der Waals surface area (Å²) < 4.78 is 33.2. The van der Waals surface area contributed by atoms with Crippen molar-refractivity contribution >= 4 is 53.0 Å². The molecule has 0 radical (unpaired) electrons. The third-order valence-electron chi connectivity index (χ3n) is 6.40. The van der Waals surface area contributed by atoms with Crippen molar-refractivity contribution in [1.82, 2.24) is 24.6 Å². The van der Waals surface area contributed by atoms with Crippen LogP contribution in [0.1, 0.15) is 40.0 Å². The number of anilines is 1. The van der Waals surface area contributed by atoms with E-state index >= 15 is 0 Å². The van der Waals surface area contributed by atoms with Crippen LogP contribution in [0.5, 0.6) is 5.75 Å². The van der Waals surface area contributed by atoms with Gasteiger partial charge in [-0.05, 0) is 56.5 Å². The second-order valence-corrected chi connectivity index (χ2v) is 12.4. The molecule has 2 aromatic heterocycles. The zero-order chi connectivity index (χ0) is 29.1. The summed E-state index contributed by atoms with van der Waals surface area (Å²) in [4.78, 5) is 35.3. The maximum atomic E-state index is 13.9. The van der Waals surface area contributed by atoms with Gasteiger partial charge in [-0.15, -0.1) is 0 Å². The zero-order valence-corrected chi connectivity index (χ0v) is 24.8. The smallest absolute Gasteiger partial charge is 0.459 e. The van der Waals surface area contributed by atoms with Crippen LogP contribution in [0, 0.1) is 5.41 Å². The van der Waals surface area contributed by atoms with Crippen molar-refractivity contribution in [2.75, 3.05) is 18.9 Å². The minimum absolute atomic E-state index is 0.0564. The van der Waals surface area contributed by atoms with Crippen LogP contribution in [-0.2, 0) is 18.6 Å². The van der Waals surface area contributed by atoms with Crippen LogP contribution in [-0.4, -0.2) is 56.0 Å². The largest absolute Gasteiger partial charge is 0.462 e. The van der Waals surface area contributed by atoms with E-state index in [0.717, 1.165) is 16.5 Å². The summed E-state index contributed by atoms with van der Waals surface area (Å²) in [5, 5.41) is 12.9. The molecule has 2 unspecified atom stereocenters. The van der Waals surface area contributed by atoms with Crippen molar-refractivity contribution in [2.24, 2.45) is 5.41 Å². The summed E-state index contributed by atoms with van der Waals surface area (Å²) in [7, 11) is -4.14. The Hall–Kier alpha value is -3.03. The number of carbonyl (C=O) groups is 1. The number of aromatic amines is 1. The van der Waals surface area contributed by atoms with Crippen LogP contribution in [0.15, 0.2) is 45.4 Å². The molecule has 0 aliphatic heterocycles. The highest BCUT2D eigenvalue weighted by Crippen LogP contribution is 2.56. The predicted octanol–water partition coefficient (Wildman–Crippen LogP) is 3.60. The van der Waals surface area contributed by atoms with Gasteiger partial charge in [0, 0.05) is 16.1 Å². The molecule has 4 rings (SSSR count). The number of nitrogens with zero attached hydrogens (tertiary/aromatic N) is 3. The Bertz CT molecular complexity index is 1510. The molecule has 13 nitrogen and oxygen atoms in total. The number of fused-ring (bicyclic) bond motifs is 1. The Kier molecular flexibility index (Phi) is 9.16. The Morgan fingerprint density at radius 3 is 2.77 bits per heavy atom. The van der Waals surface area contributed by atoms with Gasteiger partial charge in [-0.1, -0.05) is 29.3 Å². The quantitative estimate of drug-likeness (QED) is 0.158. The Morgan fingerprint density at radius 2 is 2.10 bits per heavy atom. The van der Waals surface area contributed by atoms with Gasteiger partial charge >= 0.3 is 13.7 Å². The molecule has 2 heterocycles. The summed E-state index contributed by atoms with van der Waals surface area (Å²) in [6, 6.07) is 5.61. The summed E-state index contributed by atoms with van der Waals surface area (Å²) in [5.74, 6) is -0.400. The molecule has 216 valence electrons. The molecule has 1 aliphatic rings. The molecule has 1 aliphatic carbocycles. The summed E-state index contributed by atoms with van der Waals surface area (Å²) in [5.41, 5.74) is 5.44. The lowest BCUT2D eigenvalue weighted by Gasteiger charge is -2.25. The van der Waals surface area contributed by atoms with Gasteiger partial charge in [0.25, 0.3) is 5.56 Å².